The fourth-order valence-corrected chi connectivity index (χ4v) is 3.90. The molecule has 1 fully saturated rings. The molecule has 1 aliphatic rings. The highest BCUT2D eigenvalue weighted by Gasteiger charge is 2.19. The summed E-state index contributed by atoms with van der Waals surface area (Å²) in [5.41, 5.74) is 7.17. The van der Waals surface area contributed by atoms with Crippen molar-refractivity contribution in [1.82, 2.24) is 0 Å². The Morgan fingerprint density at radius 1 is 1.35 bits per heavy atom. The van der Waals surface area contributed by atoms with E-state index in [-0.39, 0.29) is 5.82 Å². The van der Waals surface area contributed by atoms with E-state index in [1.54, 1.807) is 6.07 Å². The van der Waals surface area contributed by atoms with Crippen LogP contribution >= 0.6 is 11.8 Å². The summed E-state index contributed by atoms with van der Waals surface area (Å²) in [5, 5.41) is 0.739. The Labute approximate surface area is 107 Å². The predicted octanol–water partition coefficient (Wildman–Crippen LogP) is 4.22. The third-order valence-electron chi connectivity index (χ3n) is 3.35. The third-order valence-corrected chi connectivity index (χ3v) is 4.75. The summed E-state index contributed by atoms with van der Waals surface area (Å²) >= 11 is 1.95. The zero-order valence-electron chi connectivity index (χ0n) is 10.3. The highest BCUT2D eigenvalue weighted by Crippen LogP contribution is 2.33. The highest BCUT2D eigenvalue weighted by molar-refractivity contribution is 7.99. The van der Waals surface area contributed by atoms with Crippen LogP contribution < -0.4 is 5.73 Å². The number of rotatable bonds is 3. The number of hydrogen-bond donors (Lipinski definition) is 1. The van der Waals surface area contributed by atoms with Crippen LogP contribution in [0.4, 0.5) is 10.1 Å². The molecule has 1 nitrogen and oxygen atoms in total. The second-order valence-electron chi connectivity index (χ2n) is 5.10. The molecule has 0 aromatic heterocycles. The standard InChI is InChI=1S/C14H20FNS/c1-10-3-2-4-14(5-10)17-9-11-6-12(15)8-13(16)7-11/h6-8,10,14H,2-5,9,16H2,1H3. The summed E-state index contributed by atoms with van der Waals surface area (Å²) in [6.07, 6.45) is 5.31. The zero-order chi connectivity index (χ0) is 12.3. The lowest BCUT2D eigenvalue weighted by Gasteiger charge is -2.26. The van der Waals surface area contributed by atoms with E-state index >= 15 is 0 Å². The number of halogens is 1. The molecular formula is C14H20FNS. The van der Waals surface area contributed by atoms with Gasteiger partial charge in [0.1, 0.15) is 5.82 Å². The van der Waals surface area contributed by atoms with Gasteiger partial charge in [-0.3, -0.25) is 0 Å². The van der Waals surface area contributed by atoms with E-state index in [4.69, 9.17) is 5.73 Å². The van der Waals surface area contributed by atoms with Crippen LogP contribution in [0.5, 0.6) is 0 Å². The van der Waals surface area contributed by atoms with Crippen LogP contribution in [0.2, 0.25) is 0 Å². The van der Waals surface area contributed by atoms with Crippen molar-refractivity contribution in [2.75, 3.05) is 5.73 Å². The van der Waals surface area contributed by atoms with Crippen LogP contribution in [-0.2, 0) is 5.75 Å². The SMILES string of the molecule is CC1CCCC(SCc2cc(N)cc(F)c2)C1. The number of nitrogens with two attached hydrogens (primary N) is 1. The maximum absolute atomic E-state index is 13.2. The zero-order valence-corrected chi connectivity index (χ0v) is 11.1. The molecule has 17 heavy (non-hydrogen) atoms. The molecule has 0 amide bonds. The van der Waals surface area contributed by atoms with Gasteiger partial charge in [0.25, 0.3) is 0 Å². The lowest BCUT2D eigenvalue weighted by molar-refractivity contribution is 0.394. The molecule has 2 atom stereocenters. The van der Waals surface area contributed by atoms with Gasteiger partial charge in [0.2, 0.25) is 0 Å². The Balaban J connectivity index is 1.88. The molecule has 1 aromatic rings. The highest BCUT2D eigenvalue weighted by atomic mass is 32.2. The quantitative estimate of drug-likeness (QED) is 0.816. The van der Waals surface area contributed by atoms with Gasteiger partial charge >= 0.3 is 0 Å². The van der Waals surface area contributed by atoms with E-state index in [1.165, 1.54) is 31.7 Å². The second kappa shape index (κ2) is 5.76. The fourth-order valence-electron chi connectivity index (χ4n) is 2.50. The normalized spacial score (nSPS) is 24.8. The molecule has 1 aromatic carbocycles. The summed E-state index contributed by atoms with van der Waals surface area (Å²) in [6.45, 7) is 2.33. The molecule has 0 saturated heterocycles. The summed E-state index contributed by atoms with van der Waals surface area (Å²) < 4.78 is 13.2. The van der Waals surface area contributed by atoms with Crippen molar-refractivity contribution in [2.24, 2.45) is 5.92 Å². The molecule has 0 bridgehead atoms. The van der Waals surface area contributed by atoms with Crippen LogP contribution in [0.1, 0.15) is 38.2 Å². The molecule has 2 N–H and O–H groups in total. The van der Waals surface area contributed by atoms with E-state index < -0.39 is 0 Å². The number of nitrogen functional groups attached to an aromatic ring is 1. The minimum Gasteiger partial charge on any atom is -0.399 e. The Morgan fingerprint density at radius 3 is 2.88 bits per heavy atom. The minimum atomic E-state index is -0.224. The lowest BCUT2D eigenvalue weighted by Crippen LogP contribution is -2.15. The van der Waals surface area contributed by atoms with Crippen LogP contribution in [0, 0.1) is 11.7 Å². The molecule has 2 unspecified atom stereocenters. The minimum absolute atomic E-state index is 0.224. The summed E-state index contributed by atoms with van der Waals surface area (Å²) in [5.74, 6) is 1.50. The molecule has 0 spiro atoms. The Hall–Kier alpha value is -0.700. The maximum Gasteiger partial charge on any atom is 0.125 e. The number of hydrogen-bond acceptors (Lipinski definition) is 2. The molecule has 2 rings (SSSR count). The van der Waals surface area contributed by atoms with Gasteiger partial charge in [-0.1, -0.05) is 19.8 Å². The van der Waals surface area contributed by atoms with Gasteiger partial charge in [-0.2, -0.15) is 11.8 Å². The van der Waals surface area contributed by atoms with Crippen molar-refractivity contribution in [3.63, 3.8) is 0 Å². The van der Waals surface area contributed by atoms with E-state index in [0.29, 0.717) is 5.69 Å². The average Bonchev–Trinajstić information content (AvgIpc) is 2.25. The Morgan fingerprint density at radius 2 is 2.18 bits per heavy atom. The van der Waals surface area contributed by atoms with Crippen LogP contribution in [-0.4, -0.2) is 5.25 Å². The van der Waals surface area contributed by atoms with Gasteiger partial charge < -0.3 is 5.73 Å². The summed E-state index contributed by atoms with van der Waals surface area (Å²) in [6, 6.07) is 4.84. The molecule has 3 heteroatoms. The molecule has 1 aliphatic carbocycles. The molecule has 0 heterocycles. The second-order valence-corrected chi connectivity index (χ2v) is 6.39. The van der Waals surface area contributed by atoms with Crippen molar-refractivity contribution in [3.8, 4) is 0 Å². The van der Waals surface area contributed by atoms with Crippen molar-refractivity contribution < 1.29 is 4.39 Å². The molecule has 94 valence electrons. The predicted molar refractivity (Wildman–Crippen MR) is 73.5 cm³/mol. The molecular weight excluding hydrogens is 233 g/mol. The average molecular weight is 253 g/mol. The van der Waals surface area contributed by atoms with E-state index in [1.807, 2.05) is 17.8 Å². The monoisotopic (exact) mass is 253 g/mol. The van der Waals surface area contributed by atoms with Gasteiger partial charge in [-0.05, 0) is 42.5 Å². The number of thioether (sulfide) groups is 1. The summed E-state index contributed by atoms with van der Waals surface area (Å²) in [4.78, 5) is 0. The first-order chi connectivity index (χ1) is 8.13. The smallest absolute Gasteiger partial charge is 0.125 e. The van der Waals surface area contributed by atoms with Gasteiger partial charge in [-0.25, -0.2) is 4.39 Å². The lowest BCUT2D eigenvalue weighted by atomic mass is 9.91. The van der Waals surface area contributed by atoms with Crippen LogP contribution in [0.15, 0.2) is 18.2 Å². The maximum atomic E-state index is 13.2. The van der Waals surface area contributed by atoms with Crippen molar-refractivity contribution in [2.45, 2.75) is 43.6 Å². The molecule has 1 saturated carbocycles. The van der Waals surface area contributed by atoms with Gasteiger partial charge in [-0.15, -0.1) is 0 Å². The first-order valence-corrected chi connectivity index (χ1v) is 7.35. The largest absolute Gasteiger partial charge is 0.399 e. The fraction of sp³-hybridized carbons (Fsp3) is 0.571. The van der Waals surface area contributed by atoms with E-state index in [0.717, 1.165) is 22.5 Å². The van der Waals surface area contributed by atoms with Crippen LogP contribution in [0.25, 0.3) is 0 Å². The van der Waals surface area contributed by atoms with Crippen molar-refractivity contribution >= 4 is 17.4 Å². The Kier molecular flexibility index (Phi) is 4.32. The van der Waals surface area contributed by atoms with Gasteiger partial charge in [0, 0.05) is 16.7 Å². The molecule has 0 aliphatic heterocycles. The first kappa shape index (κ1) is 12.7. The number of benzene rings is 1. The van der Waals surface area contributed by atoms with Crippen LogP contribution in [0.3, 0.4) is 0 Å². The van der Waals surface area contributed by atoms with E-state index in [9.17, 15) is 4.39 Å². The van der Waals surface area contributed by atoms with Crippen molar-refractivity contribution in [3.05, 3.63) is 29.6 Å². The summed E-state index contributed by atoms with van der Waals surface area (Å²) in [7, 11) is 0. The Bertz CT molecular complexity index is 360. The molecule has 0 radical (unpaired) electrons. The van der Waals surface area contributed by atoms with E-state index in [2.05, 4.69) is 6.92 Å². The first-order valence-electron chi connectivity index (χ1n) is 6.30. The topological polar surface area (TPSA) is 26.0 Å². The van der Waals surface area contributed by atoms with Crippen molar-refractivity contribution in [1.29, 1.82) is 0 Å². The number of anilines is 1. The van der Waals surface area contributed by atoms with Gasteiger partial charge in [0.15, 0.2) is 0 Å². The third kappa shape index (κ3) is 3.91. The van der Waals surface area contributed by atoms with Gasteiger partial charge in [0.05, 0.1) is 0 Å².